The molecule has 0 saturated carbocycles. The summed E-state index contributed by atoms with van der Waals surface area (Å²) in [7, 11) is 1.38. The minimum Gasteiger partial charge on any atom is -0.356 e. The van der Waals surface area contributed by atoms with Crippen LogP contribution in [0.2, 0.25) is 0 Å². The van der Waals surface area contributed by atoms with Gasteiger partial charge < -0.3 is 10.6 Å². The fourth-order valence-electron chi connectivity index (χ4n) is 2.02. The summed E-state index contributed by atoms with van der Waals surface area (Å²) < 4.78 is 25.7. The van der Waals surface area contributed by atoms with E-state index in [0.717, 1.165) is 17.0 Å². The Morgan fingerprint density at radius 1 is 1.23 bits per heavy atom. The van der Waals surface area contributed by atoms with Crippen LogP contribution in [0, 0.1) is 0 Å². The standard InChI is InChI=1S/C16H23N5O2S2.HI/c1-17-16(19-11-9-13-6-4-5-10-18-13)20-12-14-7-8-15(24-14)25(22,23)21(2)3;/h4-8,10H,9,11-12H2,1-3H3,(H2,17,19,20);1H. The maximum absolute atomic E-state index is 12.1. The molecule has 0 atom stereocenters. The van der Waals surface area contributed by atoms with E-state index in [1.165, 1.54) is 29.7 Å². The molecule has 10 heteroatoms. The number of guanidine groups is 1. The third-order valence-electron chi connectivity index (χ3n) is 3.43. The van der Waals surface area contributed by atoms with Crippen molar-refractivity contribution in [2.75, 3.05) is 27.7 Å². The van der Waals surface area contributed by atoms with Gasteiger partial charge in [0.25, 0.3) is 10.0 Å². The second kappa shape index (κ2) is 10.8. The zero-order valence-electron chi connectivity index (χ0n) is 15.0. The van der Waals surface area contributed by atoms with Crippen molar-refractivity contribution in [3.8, 4) is 0 Å². The van der Waals surface area contributed by atoms with Crippen LogP contribution in [0.4, 0.5) is 0 Å². The van der Waals surface area contributed by atoms with Crippen molar-refractivity contribution in [1.29, 1.82) is 0 Å². The molecule has 7 nitrogen and oxygen atoms in total. The van der Waals surface area contributed by atoms with Crippen molar-refractivity contribution in [2.45, 2.75) is 17.2 Å². The Morgan fingerprint density at radius 2 is 2.00 bits per heavy atom. The summed E-state index contributed by atoms with van der Waals surface area (Å²) in [4.78, 5) is 9.37. The minimum absolute atomic E-state index is 0. The summed E-state index contributed by atoms with van der Waals surface area (Å²) >= 11 is 1.26. The number of pyridine rings is 1. The van der Waals surface area contributed by atoms with Gasteiger partial charge in [-0.05, 0) is 24.3 Å². The smallest absolute Gasteiger partial charge is 0.252 e. The molecule has 0 fully saturated rings. The number of nitrogens with zero attached hydrogens (tertiary/aromatic N) is 3. The lowest BCUT2D eigenvalue weighted by Gasteiger charge is -2.11. The highest BCUT2D eigenvalue weighted by Crippen LogP contribution is 2.23. The first-order chi connectivity index (χ1) is 11.9. The van der Waals surface area contributed by atoms with E-state index >= 15 is 0 Å². The molecule has 26 heavy (non-hydrogen) atoms. The van der Waals surface area contributed by atoms with Crippen LogP contribution < -0.4 is 10.6 Å². The van der Waals surface area contributed by atoms with Gasteiger partial charge >= 0.3 is 0 Å². The number of aliphatic imine (C=N–C) groups is 1. The Kier molecular flexibility index (Phi) is 9.47. The number of halogens is 1. The molecule has 0 radical (unpaired) electrons. The summed E-state index contributed by atoms with van der Waals surface area (Å²) in [5, 5.41) is 6.41. The molecule has 0 unspecified atom stereocenters. The molecule has 0 aliphatic rings. The van der Waals surface area contributed by atoms with E-state index in [0.29, 0.717) is 23.3 Å². The molecular formula is C16H24IN5O2S2. The van der Waals surface area contributed by atoms with Gasteiger partial charge in [-0.2, -0.15) is 0 Å². The van der Waals surface area contributed by atoms with Crippen LogP contribution in [0.3, 0.4) is 0 Å². The molecule has 0 amide bonds. The second-order valence-electron chi connectivity index (χ2n) is 5.43. The highest BCUT2D eigenvalue weighted by atomic mass is 127. The van der Waals surface area contributed by atoms with Gasteiger partial charge in [0.15, 0.2) is 5.96 Å². The average molecular weight is 509 g/mol. The predicted octanol–water partition coefficient (Wildman–Crippen LogP) is 1.92. The van der Waals surface area contributed by atoms with Gasteiger partial charge in [-0.15, -0.1) is 35.3 Å². The first-order valence-corrected chi connectivity index (χ1v) is 10.0. The van der Waals surface area contributed by atoms with Crippen LogP contribution in [0.25, 0.3) is 0 Å². The van der Waals surface area contributed by atoms with E-state index in [1.54, 1.807) is 19.3 Å². The summed E-state index contributed by atoms with van der Waals surface area (Å²) in [6.07, 6.45) is 2.57. The number of sulfonamides is 1. The normalized spacial score (nSPS) is 11.9. The fourth-order valence-corrected chi connectivity index (χ4v) is 4.48. The number of aromatic nitrogens is 1. The summed E-state index contributed by atoms with van der Waals surface area (Å²) in [5.41, 5.74) is 1.02. The Bertz CT molecular complexity index is 807. The number of hydrogen-bond donors (Lipinski definition) is 2. The summed E-state index contributed by atoms with van der Waals surface area (Å²) in [5.74, 6) is 0.668. The second-order valence-corrected chi connectivity index (χ2v) is 8.98. The predicted molar refractivity (Wildman–Crippen MR) is 117 cm³/mol. The highest BCUT2D eigenvalue weighted by molar-refractivity contribution is 14.0. The monoisotopic (exact) mass is 509 g/mol. The van der Waals surface area contributed by atoms with E-state index in [-0.39, 0.29) is 24.0 Å². The van der Waals surface area contributed by atoms with Gasteiger partial charge in [0.05, 0.1) is 6.54 Å². The lowest BCUT2D eigenvalue weighted by Crippen LogP contribution is -2.37. The topological polar surface area (TPSA) is 86.7 Å². The number of rotatable bonds is 7. The van der Waals surface area contributed by atoms with Crippen LogP contribution in [-0.2, 0) is 23.0 Å². The molecule has 0 bridgehead atoms. The Balaban J connectivity index is 0.00000338. The van der Waals surface area contributed by atoms with Gasteiger partial charge in [-0.3, -0.25) is 9.98 Å². The first-order valence-electron chi connectivity index (χ1n) is 7.79. The summed E-state index contributed by atoms with van der Waals surface area (Å²) in [6.45, 7) is 1.22. The Morgan fingerprint density at radius 3 is 2.62 bits per heavy atom. The van der Waals surface area contributed by atoms with Crippen LogP contribution in [0.15, 0.2) is 45.7 Å². The first kappa shape index (κ1) is 22.8. The number of hydrogen-bond acceptors (Lipinski definition) is 5. The molecule has 2 rings (SSSR count). The van der Waals surface area contributed by atoms with Crippen molar-refractivity contribution in [2.24, 2.45) is 4.99 Å². The quantitative estimate of drug-likeness (QED) is 0.339. The highest BCUT2D eigenvalue weighted by Gasteiger charge is 2.19. The van der Waals surface area contributed by atoms with Crippen molar-refractivity contribution in [3.05, 3.63) is 47.1 Å². The zero-order valence-corrected chi connectivity index (χ0v) is 18.9. The summed E-state index contributed by atoms with van der Waals surface area (Å²) in [6, 6.07) is 9.29. The van der Waals surface area contributed by atoms with E-state index in [9.17, 15) is 8.42 Å². The Labute approximate surface area is 176 Å². The van der Waals surface area contributed by atoms with Gasteiger partial charge in [0.1, 0.15) is 4.21 Å². The molecule has 0 aliphatic heterocycles. The number of thiophene rings is 1. The van der Waals surface area contributed by atoms with Gasteiger partial charge in [-0.25, -0.2) is 12.7 Å². The average Bonchev–Trinajstić information content (AvgIpc) is 3.08. The Hall–Kier alpha value is -1.24. The van der Waals surface area contributed by atoms with E-state index in [4.69, 9.17) is 0 Å². The van der Waals surface area contributed by atoms with Crippen molar-refractivity contribution in [3.63, 3.8) is 0 Å². The maximum Gasteiger partial charge on any atom is 0.252 e. The molecule has 2 heterocycles. The zero-order chi connectivity index (χ0) is 18.3. The SMILES string of the molecule is CN=C(NCCc1ccccn1)NCc1ccc(S(=O)(=O)N(C)C)s1.I. The maximum atomic E-state index is 12.1. The van der Waals surface area contributed by atoms with Crippen LogP contribution in [0.5, 0.6) is 0 Å². The van der Waals surface area contributed by atoms with Crippen LogP contribution in [-0.4, -0.2) is 51.4 Å². The van der Waals surface area contributed by atoms with E-state index in [2.05, 4.69) is 20.6 Å². The van der Waals surface area contributed by atoms with Crippen LogP contribution in [0.1, 0.15) is 10.6 Å². The molecule has 144 valence electrons. The third-order valence-corrected chi connectivity index (χ3v) is 6.79. The van der Waals surface area contributed by atoms with Crippen molar-refractivity contribution < 1.29 is 8.42 Å². The van der Waals surface area contributed by atoms with Crippen molar-refractivity contribution in [1.82, 2.24) is 19.9 Å². The van der Waals surface area contributed by atoms with Crippen molar-refractivity contribution >= 4 is 51.3 Å². The molecule has 2 N–H and O–H groups in total. The largest absolute Gasteiger partial charge is 0.356 e. The third kappa shape index (κ3) is 6.49. The fraction of sp³-hybridized carbons (Fsp3) is 0.375. The van der Waals surface area contributed by atoms with Gasteiger partial charge in [0, 0.05) is 50.9 Å². The molecule has 0 saturated heterocycles. The van der Waals surface area contributed by atoms with E-state index in [1.807, 2.05) is 24.3 Å². The molecule has 2 aromatic rings. The van der Waals surface area contributed by atoms with E-state index < -0.39 is 10.0 Å². The molecule has 0 aromatic carbocycles. The van der Waals surface area contributed by atoms with Gasteiger partial charge in [0.2, 0.25) is 0 Å². The molecule has 0 spiro atoms. The minimum atomic E-state index is -3.37. The number of nitrogens with one attached hydrogen (secondary N) is 2. The molecular weight excluding hydrogens is 485 g/mol. The van der Waals surface area contributed by atoms with Gasteiger partial charge in [-0.1, -0.05) is 6.07 Å². The molecule has 2 aromatic heterocycles. The lowest BCUT2D eigenvalue weighted by molar-refractivity contribution is 0.523. The van der Waals surface area contributed by atoms with Crippen LogP contribution >= 0.6 is 35.3 Å². The molecule has 0 aliphatic carbocycles. The lowest BCUT2D eigenvalue weighted by atomic mass is 10.3.